The summed E-state index contributed by atoms with van der Waals surface area (Å²) in [5, 5.41) is 0. The minimum absolute atomic E-state index is 0.0837. The van der Waals surface area contributed by atoms with Crippen molar-refractivity contribution in [3.05, 3.63) is 71.3 Å². The van der Waals surface area contributed by atoms with E-state index in [-0.39, 0.29) is 30.6 Å². The average molecular weight is 588 g/mol. The van der Waals surface area contributed by atoms with Gasteiger partial charge >= 0.3 is 18.3 Å². The van der Waals surface area contributed by atoms with Crippen LogP contribution in [-0.2, 0) is 27.1 Å². The van der Waals surface area contributed by atoms with Crippen molar-refractivity contribution in [2.24, 2.45) is 11.8 Å². The van der Waals surface area contributed by atoms with E-state index in [1.165, 1.54) is 19.2 Å². The van der Waals surface area contributed by atoms with Crippen LogP contribution in [0.3, 0.4) is 0 Å². The fourth-order valence-corrected chi connectivity index (χ4v) is 5.54. The molecule has 1 saturated heterocycles. The van der Waals surface area contributed by atoms with Gasteiger partial charge in [-0.1, -0.05) is 49.4 Å². The highest BCUT2D eigenvalue weighted by Crippen LogP contribution is 2.41. The van der Waals surface area contributed by atoms with Gasteiger partial charge in [0, 0.05) is 31.5 Å². The first-order valence-electron chi connectivity index (χ1n) is 14.0. The second-order valence-corrected chi connectivity index (χ2v) is 11.0. The van der Waals surface area contributed by atoms with E-state index >= 15 is 0 Å². The number of hydrogen-bond donors (Lipinski definition) is 0. The van der Waals surface area contributed by atoms with E-state index in [1.54, 1.807) is 0 Å². The Kier molecular flexibility index (Phi) is 12.1. The minimum Gasteiger partial charge on any atom is -0.469 e. The van der Waals surface area contributed by atoms with Gasteiger partial charge in [-0.25, -0.2) is 0 Å². The first kappa shape index (κ1) is 32.9. The molecule has 228 valence electrons. The molecule has 2 aromatic rings. The number of benzene rings is 2. The van der Waals surface area contributed by atoms with E-state index in [0.717, 1.165) is 17.7 Å². The Balaban J connectivity index is 1.75. The fraction of sp³-hybridized carbons (Fsp3) is 0.581. The molecule has 1 fully saturated rings. The Labute approximate surface area is 238 Å². The standard InChI is InChI=1S/C31H39F6NO3/c1-22(20-41-21-23-6-4-3-5-7-23)8-13-27(14-16-30(32,33)34)38-17-15-24(19-29(39)40-2)18-28(38)25-9-11-26(12-10-25)31(35,36)37/h3-7,9-12,22,24,27-28H,8,13-21H2,1-2H3/t22?,24-,27-,28+/m1/s1. The van der Waals surface area contributed by atoms with Crippen LogP contribution < -0.4 is 0 Å². The van der Waals surface area contributed by atoms with Crippen LogP contribution >= 0.6 is 0 Å². The minimum atomic E-state index is -4.49. The summed E-state index contributed by atoms with van der Waals surface area (Å²) in [6, 6.07) is 13.7. The Bertz CT molecular complexity index is 1060. The molecule has 0 aromatic heterocycles. The molecule has 0 radical (unpaired) electrons. The smallest absolute Gasteiger partial charge is 0.416 e. The van der Waals surface area contributed by atoms with Crippen LogP contribution in [0.2, 0.25) is 0 Å². The van der Waals surface area contributed by atoms with Gasteiger partial charge in [-0.2, -0.15) is 26.3 Å². The molecular formula is C31H39F6NO3. The molecule has 0 N–H and O–H groups in total. The summed E-state index contributed by atoms with van der Waals surface area (Å²) in [4.78, 5) is 14.0. The molecule has 3 rings (SSSR count). The summed E-state index contributed by atoms with van der Waals surface area (Å²) in [6.07, 6.45) is -7.56. The van der Waals surface area contributed by atoms with Crippen molar-refractivity contribution >= 4 is 5.97 Å². The maximum absolute atomic E-state index is 13.3. The van der Waals surface area contributed by atoms with Crippen molar-refractivity contribution in [1.82, 2.24) is 4.90 Å². The molecule has 0 spiro atoms. The van der Waals surface area contributed by atoms with Gasteiger partial charge in [0.25, 0.3) is 0 Å². The molecule has 0 amide bonds. The normalized spacial score (nSPS) is 20.0. The fourth-order valence-electron chi connectivity index (χ4n) is 5.54. The van der Waals surface area contributed by atoms with Gasteiger partial charge < -0.3 is 9.47 Å². The second-order valence-electron chi connectivity index (χ2n) is 11.0. The summed E-state index contributed by atoms with van der Waals surface area (Å²) < 4.78 is 90.3. The van der Waals surface area contributed by atoms with Gasteiger partial charge in [0.2, 0.25) is 0 Å². The van der Waals surface area contributed by atoms with Gasteiger partial charge in [0.05, 0.1) is 19.3 Å². The SMILES string of the molecule is COC(=O)C[C@@H]1CCN([C@H](CCC(C)COCc2ccccc2)CCC(F)(F)F)[C@H](c2ccc(C(F)(F)F)cc2)C1. The van der Waals surface area contributed by atoms with Crippen molar-refractivity contribution in [2.45, 2.75) is 82.9 Å². The molecule has 4 atom stereocenters. The molecule has 4 nitrogen and oxygen atoms in total. The van der Waals surface area contributed by atoms with E-state index in [2.05, 4.69) is 0 Å². The number of carbonyl (C=O) groups is 1. The quantitative estimate of drug-likeness (QED) is 0.174. The molecule has 2 aromatic carbocycles. The third-order valence-electron chi connectivity index (χ3n) is 7.79. The second kappa shape index (κ2) is 15.0. The zero-order valence-electron chi connectivity index (χ0n) is 23.5. The average Bonchev–Trinajstić information content (AvgIpc) is 2.93. The molecule has 0 saturated carbocycles. The summed E-state index contributed by atoms with van der Waals surface area (Å²) in [6.45, 7) is 3.35. The molecule has 1 aliphatic heterocycles. The Morgan fingerprint density at radius 3 is 2.27 bits per heavy atom. The predicted octanol–water partition coefficient (Wildman–Crippen LogP) is 8.37. The van der Waals surface area contributed by atoms with E-state index < -0.39 is 36.4 Å². The van der Waals surface area contributed by atoms with Gasteiger partial charge in [-0.15, -0.1) is 0 Å². The van der Waals surface area contributed by atoms with Crippen molar-refractivity contribution in [2.75, 3.05) is 20.3 Å². The largest absolute Gasteiger partial charge is 0.469 e. The number of hydrogen-bond acceptors (Lipinski definition) is 4. The first-order valence-corrected chi connectivity index (χ1v) is 14.0. The first-order chi connectivity index (χ1) is 19.4. The molecule has 1 unspecified atom stereocenters. The number of likely N-dealkylation sites (tertiary alicyclic amines) is 1. The molecular weight excluding hydrogens is 548 g/mol. The molecule has 10 heteroatoms. The van der Waals surface area contributed by atoms with Gasteiger partial charge in [0.1, 0.15) is 0 Å². The van der Waals surface area contributed by atoms with E-state index in [0.29, 0.717) is 51.0 Å². The lowest BCUT2D eigenvalue weighted by Crippen LogP contribution is -2.44. The lowest BCUT2D eigenvalue weighted by Gasteiger charge is -2.44. The van der Waals surface area contributed by atoms with Crippen LogP contribution in [0, 0.1) is 11.8 Å². The van der Waals surface area contributed by atoms with Crippen LogP contribution in [0.25, 0.3) is 0 Å². The Morgan fingerprint density at radius 2 is 1.66 bits per heavy atom. The van der Waals surface area contributed by atoms with Crippen molar-refractivity contribution in [1.29, 1.82) is 0 Å². The molecule has 0 bridgehead atoms. The number of alkyl halides is 6. The highest BCUT2D eigenvalue weighted by atomic mass is 19.4. The van der Waals surface area contributed by atoms with Crippen LogP contribution in [0.4, 0.5) is 26.3 Å². The van der Waals surface area contributed by atoms with E-state index in [1.807, 2.05) is 42.2 Å². The third kappa shape index (κ3) is 11.0. The Morgan fingerprint density at radius 1 is 0.976 bits per heavy atom. The van der Waals surface area contributed by atoms with Crippen molar-refractivity contribution in [3.63, 3.8) is 0 Å². The number of nitrogens with zero attached hydrogens (tertiary/aromatic N) is 1. The number of rotatable bonds is 13. The predicted molar refractivity (Wildman–Crippen MR) is 144 cm³/mol. The number of carbonyl (C=O) groups excluding carboxylic acids is 1. The molecule has 41 heavy (non-hydrogen) atoms. The summed E-state index contributed by atoms with van der Waals surface area (Å²) in [7, 11) is 1.29. The van der Waals surface area contributed by atoms with Crippen LogP contribution in [-0.4, -0.2) is 43.3 Å². The van der Waals surface area contributed by atoms with Gasteiger partial charge in [-0.3, -0.25) is 9.69 Å². The van der Waals surface area contributed by atoms with Crippen LogP contribution in [0.1, 0.15) is 74.6 Å². The number of methoxy groups -OCH3 is 1. The van der Waals surface area contributed by atoms with Gasteiger partial charge in [0.15, 0.2) is 0 Å². The Hall–Kier alpha value is -2.59. The monoisotopic (exact) mass is 587 g/mol. The highest BCUT2D eigenvalue weighted by Gasteiger charge is 2.38. The molecule has 0 aliphatic carbocycles. The number of halogens is 6. The summed E-state index contributed by atoms with van der Waals surface area (Å²) in [5.41, 5.74) is 0.855. The molecule has 1 heterocycles. The number of piperidine rings is 1. The lowest BCUT2D eigenvalue weighted by atomic mass is 9.83. The van der Waals surface area contributed by atoms with Crippen molar-refractivity contribution in [3.8, 4) is 0 Å². The molecule has 1 aliphatic rings. The van der Waals surface area contributed by atoms with E-state index in [9.17, 15) is 31.1 Å². The van der Waals surface area contributed by atoms with Gasteiger partial charge in [-0.05, 0) is 73.7 Å². The summed E-state index contributed by atoms with van der Waals surface area (Å²) >= 11 is 0. The van der Waals surface area contributed by atoms with Crippen LogP contribution in [0.5, 0.6) is 0 Å². The third-order valence-corrected chi connectivity index (χ3v) is 7.79. The zero-order chi connectivity index (χ0) is 30.0. The number of esters is 1. The lowest BCUT2D eigenvalue weighted by molar-refractivity contribution is -0.144. The number of ether oxygens (including phenoxy) is 2. The zero-order valence-corrected chi connectivity index (χ0v) is 23.5. The topological polar surface area (TPSA) is 38.8 Å². The maximum atomic E-state index is 13.3. The van der Waals surface area contributed by atoms with Crippen LogP contribution in [0.15, 0.2) is 54.6 Å². The maximum Gasteiger partial charge on any atom is 0.416 e. The van der Waals surface area contributed by atoms with Crippen molar-refractivity contribution < 1.29 is 40.6 Å². The highest BCUT2D eigenvalue weighted by molar-refractivity contribution is 5.69. The van der Waals surface area contributed by atoms with E-state index in [4.69, 9.17) is 9.47 Å². The summed E-state index contributed by atoms with van der Waals surface area (Å²) in [5.74, 6) is -0.361.